The first-order chi connectivity index (χ1) is 10.4. The Morgan fingerprint density at radius 2 is 2.00 bits per heavy atom. The Morgan fingerprint density at radius 3 is 2.52 bits per heavy atom. The van der Waals surface area contributed by atoms with Crippen molar-refractivity contribution in [2.24, 2.45) is 4.99 Å². The summed E-state index contributed by atoms with van der Waals surface area (Å²) in [6, 6.07) is 0.158. The number of oxazole rings is 1. The van der Waals surface area contributed by atoms with E-state index in [9.17, 15) is 4.79 Å². The van der Waals surface area contributed by atoms with Crippen LogP contribution in [0.4, 0.5) is 0 Å². The fraction of sp³-hybridized carbons (Fsp3) is 0.667. The van der Waals surface area contributed by atoms with Gasteiger partial charge < -0.3 is 20.4 Å². The van der Waals surface area contributed by atoms with Gasteiger partial charge in [0.25, 0.3) is 0 Å². The zero-order chi connectivity index (χ0) is 16.5. The number of guanidine groups is 1. The fourth-order valence-corrected chi connectivity index (χ4v) is 1.78. The lowest BCUT2D eigenvalue weighted by Crippen LogP contribution is -2.40. The molecule has 8 heteroatoms. The van der Waals surface area contributed by atoms with Crippen LogP contribution in [0.15, 0.2) is 9.41 Å². The van der Waals surface area contributed by atoms with Gasteiger partial charge in [0.2, 0.25) is 11.8 Å². The van der Waals surface area contributed by atoms with Gasteiger partial charge in [-0.25, -0.2) is 9.98 Å². The lowest BCUT2D eigenvalue weighted by Gasteiger charge is -2.12. The summed E-state index contributed by atoms with van der Waals surface area (Å²) in [5, 5.41) is 9.10. The maximum Gasteiger partial charge on any atom is 0.221 e. The SMILES string of the molecule is CCNC(=NCc1nc(C)c(C)o1)NCCC(=O)NC(C)C.I. The van der Waals surface area contributed by atoms with Crippen LogP contribution in [0.25, 0.3) is 0 Å². The maximum absolute atomic E-state index is 11.6. The molecule has 1 rings (SSSR count). The van der Waals surface area contributed by atoms with Crippen molar-refractivity contribution in [1.82, 2.24) is 20.9 Å². The number of aryl methyl sites for hydroxylation is 2. The van der Waals surface area contributed by atoms with E-state index in [0.29, 0.717) is 31.4 Å². The lowest BCUT2D eigenvalue weighted by molar-refractivity contribution is -0.121. The largest absolute Gasteiger partial charge is 0.444 e. The van der Waals surface area contributed by atoms with Crippen LogP contribution in [0.3, 0.4) is 0 Å². The molecule has 0 bridgehead atoms. The number of nitrogens with zero attached hydrogens (tertiary/aromatic N) is 2. The number of carbonyl (C=O) groups excluding carboxylic acids is 1. The molecular formula is C15H28IN5O2. The van der Waals surface area contributed by atoms with E-state index in [1.807, 2.05) is 34.6 Å². The fourth-order valence-electron chi connectivity index (χ4n) is 1.78. The molecule has 7 nitrogen and oxygen atoms in total. The third-order valence-electron chi connectivity index (χ3n) is 2.88. The van der Waals surface area contributed by atoms with Crippen LogP contribution in [0.2, 0.25) is 0 Å². The zero-order valence-corrected chi connectivity index (χ0v) is 16.9. The highest BCUT2D eigenvalue weighted by molar-refractivity contribution is 14.0. The van der Waals surface area contributed by atoms with Crippen LogP contribution in [0.5, 0.6) is 0 Å². The Balaban J connectivity index is 0.00000484. The number of aliphatic imine (C=N–C) groups is 1. The van der Waals surface area contributed by atoms with Gasteiger partial charge in [-0.2, -0.15) is 0 Å². The summed E-state index contributed by atoms with van der Waals surface area (Å²) < 4.78 is 5.49. The molecule has 132 valence electrons. The van der Waals surface area contributed by atoms with Gasteiger partial charge >= 0.3 is 0 Å². The molecule has 3 N–H and O–H groups in total. The number of amides is 1. The minimum atomic E-state index is 0. The van der Waals surface area contributed by atoms with Crippen LogP contribution in [0.1, 0.15) is 44.5 Å². The number of hydrogen-bond acceptors (Lipinski definition) is 4. The average Bonchev–Trinajstić information content (AvgIpc) is 2.74. The summed E-state index contributed by atoms with van der Waals surface area (Å²) in [4.78, 5) is 20.3. The number of halogens is 1. The van der Waals surface area contributed by atoms with E-state index in [0.717, 1.165) is 18.0 Å². The Labute approximate surface area is 155 Å². The summed E-state index contributed by atoms with van der Waals surface area (Å²) in [7, 11) is 0. The molecule has 0 aliphatic heterocycles. The Bertz CT molecular complexity index is 494. The van der Waals surface area contributed by atoms with Crippen LogP contribution < -0.4 is 16.0 Å². The van der Waals surface area contributed by atoms with Crippen LogP contribution in [-0.4, -0.2) is 36.0 Å². The van der Waals surface area contributed by atoms with Crippen molar-refractivity contribution < 1.29 is 9.21 Å². The second-order valence-electron chi connectivity index (χ2n) is 5.34. The van der Waals surface area contributed by atoms with Gasteiger partial charge in [0.1, 0.15) is 12.3 Å². The third kappa shape index (κ3) is 8.77. The number of aromatic nitrogens is 1. The van der Waals surface area contributed by atoms with Gasteiger partial charge in [0, 0.05) is 25.6 Å². The van der Waals surface area contributed by atoms with E-state index < -0.39 is 0 Å². The van der Waals surface area contributed by atoms with Crippen molar-refractivity contribution in [1.29, 1.82) is 0 Å². The Morgan fingerprint density at radius 1 is 1.30 bits per heavy atom. The third-order valence-corrected chi connectivity index (χ3v) is 2.88. The van der Waals surface area contributed by atoms with E-state index in [4.69, 9.17) is 4.42 Å². The molecule has 0 fully saturated rings. The second kappa shape index (κ2) is 11.3. The zero-order valence-electron chi connectivity index (χ0n) is 14.5. The van der Waals surface area contributed by atoms with Gasteiger partial charge in [-0.3, -0.25) is 4.79 Å². The van der Waals surface area contributed by atoms with E-state index >= 15 is 0 Å². The molecule has 0 radical (unpaired) electrons. The van der Waals surface area contributed by atoms with E-state index in [1.54, 1.807) is 0 Å². The molecule has 0 spiro atoms. The molecule has 0 aromatic carbocycles. The molecule has 1 aromatic heterocycles. The van der Waals surface area contributed by atoms with Crippen LogP contribution >= 0.6 is 24.0 Å². The highest BCUT2D eigenvalue weighted by atomic mass is 127. The highest BCUT2D eigenvalue weighted by Gasteiger charge is 2.06. The molecule has 0 saturated heterocycles. The molecule has 23 heavy (non-hydrogen) atoms. The predicted molar refractivity (Wildman–Crippen MR) is 102 cm³/mol. The average molecular weight is 437 g/mol. The van der Waals surface area contributed by atoms with Gasteiger partial charge in [-0.05, 0) is 34.6 Å². The summed E-state index contributed by atoms with van der Waals surface area (Å²) >= 11 is 0. The smallest absolute Gasteiger partial charge is 0.221 e. The second-order valence-corrected chi connectivity index (χ2v) is 5.34. The standard InChI is InChI=1S/C15H27N5O2.HI/c1-6-16-15(17-8-7-13(21)19-10(2)3)18-9-14-20-11(4)12(5)22-14;/h10H,6-9H2,1-5H3,(H,19,21)(H2,16,17,18);1H. The minimum absolute atomic E-state index is 0. The number of hydrogen-bond donors (Lipinski definition) is 3. The van der Waals surface area contributed by atoms with Crippen molar-refractivity contribution in [2.45, 2.75) is 53.6 Å². The Kier molecular flexibility index (Phi) is 10.6. The molecular weight excluding hydrogens is 409 g/mol. The van der Waals surface area contributed by atoms with Crippen molar-refractivity contribution >= 4 is 35.8 Å². The summed E-state index contributed by atoms with van der Waals surface area (Å²) in [5.41, 5.74) is 0.883. The van der Waals surface area contributed by atoms with Gasteiger partial charge in [-0.1, -0.05) is 0 Å². The minimum Gasteiger partial charge on any atom is -0.444 e. The number of carbonyl (C=O) groups is 1. The monoisotopic (exact) mass is 437 g/mol. The quantitative estimate of drug-likeness (QED) is 0.344. The van der Waals surface area contributed by atoms with Crippen molar-refractivity contribution in [2.75, 3.05) is 13.1 Å². The first-order valence-corrected chi connectivity index (χ1v) is 7.66. The molecule has 0 saturated carbocycles. The normalized spacial score (nSPS) is 11.1. The van der Waals surface area contributed by atoms with Crippen LogP contribution in [0, 0.1) is 13.8 Å². The molecule has 0 unspecified atom stereocenters. The molecule has 0 aliphatic rings. The molecule has 1 aromatic rings. The van der Waals surface area contributed by atoms with Gasteiger partial charge in [0.05, 0.1) is 5.69 Å². The van der Waals surface area contributed by atoms with Crippen molar-refractivity contribution in [3.05, 3.63) is 17.3 Å². The van der Waals surface area contributed by atoms with E-state index in [2.05, 4.69) is 25.9 Å². The van der Waals surface area contributed by atoms with Crippen LogP contribution in [-0.2, 0) is 11.3 Å². The molecule has 0 aliphatic carbocycles. The predicted octanol–water partition coefficient (Wildman–Crippen LogP) is 1.88. The number of rotatable bonds is 7. The maximum atomic E-state index is 11.6. The van der Waals surface area contributed by atoms with Gasteiger partial charge in [0.15, 0.2) is 5.96 Å². The van der Waals surface area contributed by atoms with Crippen molar-refractivity contribution in [3.63, 3.8) is 0 Å². The molecule has 1 amide bonds. The Hall–Kier alpha value is -1.32. The summed E-state index contributed by atoms with van der Waals surface area (Å²) in [6.07, 6.45) is 0.403. The number of nitrogens with one attached hydrogen (secondary N) is 3. The lowest BCUT2D eigenvalue weighted by atomic mass is 10.3. The topological polar surface area (TPSA) is 91.6 Å². The van der Waals surface area contributed by atoms with E-state index in [-0.39, 0.29) is 35.9 Å². The van der Waals surface area contributed by atoms with Crippen molar-refractivity contribution in [3.8, 4) is 0 Å². The summed E-state index contributed by atoms with van der Waals surface area (Å²) in [6.45, 7) is 11.3. The summed E-state index contributed by atoms with van der Waals surface area (Å²) in [5.74, 6) is 2.07. The molecule has 1 heterocycles. The first-order valence-electron chi connectivity index (χ1n) is 7.66. The first kappa shape index (κ1) is 21.7. The molecule has 0 atom stereocenters. The van der Waals surface area contributed by atoms with Gasteiger partial charge in [-0.15, -0.1) is 24.0 Å². The highest BCUT2D eigenvalue weighted by Crippen LogP contribution is 2.08. The van der Waals surface area contributed by atoms with E-state index in [1.165, 1.54) is 0 Å².